The van der Waals surface area contributed by atoms with Crippen LogP contribution in [0.25, 0.3) is 0 Å². The Kier molecular flexibility index (Phi) is 5.49. The molecule has 0 bridgehead atoms. The van der Waals surface area contributed by atoms with Gasteiger partial charge in [-0.25, -0.2) is 9.13 Å². The van der Waals surface area contributed by atoms with Crippen molar-refractivity contribution >= 4 is 0 Å². The third kappa shape index (κ3) is 4.61. The number of hydrogen-bond acceptors (Lipinski definition) is 2. The fraction of sp³-hybridized carbons (Fsp3) is 0.636. The summed E-state index contributed by atoms with van der Waals surface area (Å²) >= 11 is 0. The van der Waals surface area contributed by atoms with Crippen molar-refractivity contribution in [3.05, 3.63) is 18.7 Å². The number of nitriles is 1. The average molecular weight is 208 g/mol. The minimum absolute atomic E-state index is 0.557. The van der Waals surface area contributed by atoms with Crippen molar-refractivity contribution in [2.45, 2.75) is 32.9 Å². The summed E-state index contributed by atoms with van der Waals surface area (Å²) in [7, 11) is 0. The molecule has 0 spiro atoms. The third-order valence-corrected chi connectivity index (χ3v) is 2.07. The molecule has 0 unspecified atom stereocenters. The number of aromatic nitrogens is 2. The first-order chi connectivity index (χ1) is 7.36. The van der Waals surface area contributed by atoms with Crippen molar-refractivity contribution < 1.29 is 9.30 Å². The Hall–Kier alpha value is -1.34. The Morgan fingerprint density at radius 1 is 1.47 bits per heavy atom. The van der Waals surface area contributed by atoms with Crippen LogP contribution in [0.3, 0.4) is 0 Å². The topological polar surface area (TPSA) is 41.8 Å². The van der Waals surface area contributed by atoms with E-state index in [4.69, 9.17) is 10.00 Å². The maximum atomic E-state index is 8.44. The summed E-state index contributed by atoms with van der Waals surface area (Å²) in [6.45, 7) is 5.32. The van der Waals surface area contributed by atoms with Gasteiger partial charge in [0.05, 0.1) is 19.1 Å². The summed E-state index contributed by atoms with van der Waals surface area (Å²) in [6, 6.07) is 2.13. The van der Waals surface area contributed by atoms with Gasteiger partial charge in [0.15, 0.2) is 0 Å². The van der Waals surface area contributed by atoms with E-state index in [1.807, 2.05) is 23.3 Å². The van der Waals surface area contributed by atoms with Crippen LogP contribution in [0.5, 0.6) is 0 Å². The molecule has 0 saturated heterocycles. The monoisotopic (exact) mass is 208 g/mol. The van der Waals surface area contributed by atoms with Crippen molar-refractivity contribution in [3.63, 3.8) is 0 Å². The molecule has 0 atom stereocenters. The van der Waals surface area contributed by atoms with E-state index in [0.29, 0.717) is 6.42 Å². The molecule has 0 aliphatic heterocycles. The first kappa shape index (κ1) is 11.7. The van der Waals surface area contributed by atoms with E-state index in [0.717, 1.165) is 32.7 Å². The molecular weight excluding hydrogens is 190 g/mol. The molecule has 1 aromatic heterocycles. The summed E-state index contributed by atoms with van der Waals surface area (Å²) in [6.07, 6.45) is 7.62. The molecule has 15 heavy (non-hydrogen) atoms. The highest BCUT2D eigenvalue weighted by Crippen LogP contribution is 1.88. The van der Waals surface area contributed by atoms with Gasteiger partial charge < -0.3 is 4.74 Å². The fourth-order valence-corrected chi connectivity index (χ4v) is 1.30. The maximum absolute atomic E-state index is 8.44. The zero-order valence-electron chi connectivity index (χ0n) is 9.22. The fourth-order valence-electron chi connectivity index (χ4n) is 1.30. The van der Waals surface area contributed by atoms with E-state index in [1.165, 1.54) is 0 Å². The lowest BCUT2D eigenvalue weighted by Gasteiger charge is -1.98. The van der Waals surface area contributed by atoms with Gasteiger partial charge >= 0.3 is 0 Å². The van der Waals surface area contributed by atoms with E-state index in [2.05, 4.69) is 17.6 Å². The predicted molar refractivity (Wildman–Crippen MR) is 56.0 cm³/mol. The molecule has 82 valence electrons. The first-order valence-electron chi connectivity index (χ1n) is 5.36. The Labute approximate surface area is 90.7 Å². The van der Waals surface area contributed by atoms with Gasteiger partial charge in [-0.3, -0.25) is 0 Å². The van der Waals surface area contributed by atoms with Gasteiger partial charge in [-0.1, -0.05) is 6.92 Å². The second-order valence-electron chi connectivity index (χ2n) is 3.41. The average Bonchev–Trinajstić information content (AvgIpc) is 2.69. The molecule has 0 aliphatic carbocycles. The molecule has 0 aliphatic rings. The Bertz CT molecular complexity index is 314. The highest BCUT2D eigenvalue weighted by atomic mass is 16.5. The SMILES string of the molecule is CCCOCCn1cc[n+](CCC#N)c1. The lowest BCUT2D eigenvalue weighted by Crippen LogP contribution is -2.30. The van der Waals surface area contributed by atoms with E-state index in [9.17, 15) is 0 Å². The Morgan fingerprint density at radius 3 is 3.07 bits per heavy atom. The molecule has 1 rings (SSSR count). The molecule has 0 saturated carbocycles. The lowest BCUT2D eigenvalue weighted by atomic mass is 10.5. The van der Waals surface area contributed by atoms with Crippen LogP contribution in [0.2, 0.25) is 0 Å². The summed E-state index contributed by atoms with van der Waals surface area (Å²) in [5, 5.41) is 8.44. The summed E-state index contributed by atoms with van der Waals surface area (Å²) in [4.78, 5) is 0. The number of ether oxygens (including phenoxy) is 1. The molecule has 1 heterocycles. The van der Waals surface area contributed by atoms with Gasteiger partial charge in [0.1, 0.15) is 25.5 Å². The minimum Gasteiger partial charge on any atom is -0.377 e. The molecule has 4 heteroatoms. The van der Waals surface area contributed by atoms with Crippen molar-refractivity contribution in [3.8, 4) is 6.07 Å². The quantitative estimate of drug-likeness (QED) is 0.497. The smallest absolute Gasteiger partial charge is 0.243 e. The van der Waals surface area contributed by atoms with Crippen LogP contribution >= 0.6 is 0 Å². The van der Waals surface area contributed by atoms with E-state index >= 15 is 0 Å². The highest BCUT2D eigenvalue weighted by Gasteiger charge is 2.02. The molecule has 0 radical (unpaired) electrons. The standard InChI is InChI=1S/C11H18N3O/c1-2-9-15-10-8-14-7-6-13(11-14)5-3-4-12/h6-7,11H,2-3,5,8-10H2,1H3/q+1. The van der Waals surface area contributed by atoms with Crippen molar-refractivity contribution in [1.82, 2.24) is 4.57 Å². The number of aryl methyl sites for hydroxylation is 1. The third-order valence-electron chi connectivity index (χ3n) is 2.07. The van der Waals surface area contributed by atoms with Crippen molar-refractivity contribution in [1.29, 1.82) is 5.26 Å². The van der Waals surface area contributed by atoms with Crippen LogP contribution in [0.4, 0.5) is 0 Å². The van der Waals surface area contributed by atoms with Gasteiger partial charge in [-0.2, -0.15) is 5.26 Å². The Morgan fingerprint density at radius 2 is 2.33 bits per heavy atom. The van der Waals surface area contributed by atoms with E-state index < -0.39 is 0 Å². The van der Waals surface area contributed by atoms with Crippen LogP contribution in [-0.2, 0) is 17.8 Å². The maximum Gasteiger partial charge on any atom is 0.243 e. The highest BCUT2D eigenvalue weighted by molar-refractivity contribution is 4.68. The zero-order valence-corrected chi connectivity index (χ0v) is 9.22. The normalized spacial score (nSPS) is 10.1. The van der Waals surface area contributed by atoms with Gasteiger partial charge in [-0.15, -0.1) is 0 Å². The number of imidazole rings is 1. The molecule has 1 aromatic rings. The molecule has 0 N–H and O–H groups in total. The number of rotatable bonds is 7. The van der Waals surface area contributed by atoms with Crippen molar-refractivity contribution in [2.24, 2.45) is 0 Å². The van der Waals surface area contributed by atoms with Gasteiger partial charge in [0.25, 0.3) is 0 Å². The molecular formula is C11H18N3O+. The molecule has 0 aromatic carbocycles. The minimum atomic E-state index is 0.557. The van der Waals surface area contributed by atoms with Crippen LogP contribution in [-0.4, -0.2) is 17.8 Å². The summed E-state index contributed by atoms with van der Waals surface area (Å²) in [5.74, 6) is 0. The predicted octanol–water partition coefficient (Wildman–Crippen LogP) is 1.12. The van der Waals surface area contributed by atoms with Gasteiger partial charge in [0, 0.05) is 6.61 Å². The largest absolute Gasteiger partial charge is 0.377 e. The first-order valence-corrected chi connectivity index (χ1v) is 5.36. The van der Waals surface area contributed by atoms with Gasteiger partial charge in [0.2, 0.25) is 6.33 Å². The second kappa shape index (κ2) is 7.02. The van der Waals surface area contributed by atoms with Crippen LogP contribution in [0.15, 0.2) is 18.7 Å². The summed E-state index contributed by atoms with van der Waals surface area (Å²) < 4.78 is 9.49. The second-order valence-corrected chi connectivity index (χ2v) is 3.41. The van der Waals surface area contributed by atoms with Gasteiger partial charge in [-0.05, 0) is 6.42 Å². The molecule has 0 amide bonds. The van der Waals surface area contributed by atoms with Crippen LogP contribution in [0, 0.1) is 11.3 Å². The summed E-state index contributed by atoms with van der Waals surface area (Å²) in [5.41, 5.74) is 0. The molecule has 0 fully saturated rings. The zero-order chi connectivity index (χ0) is 10.9. The van der Waals surface area contributed by atoms with E-state index in [-0.39, 0.29) is 0 Å². The molecule has 4 nitrogen and oxygen atoms in total. The van der Waals surface area contributed by atoms with Crippen molar-refractivity contribution in [2.75, 3.05) is 13.2 Å². The lowest BCUT2D eigenvalue weighted by molar-refractivity contribution is -0.695. The van der Waals surface area contributed by atoms with Crippen LogP contribution in [0.1, 0.15) is 19.8 Å². The van der Waals surface area contributed by atoms with Crippen LogP contribution < -0.4 is 4.57 Å². The Balaban J connectivity index is 2.24. The number of hydrogen-bond donors (Lipinski definition) is 0. The van der Waals surface area contributed by atoms with E-state index in [1.54, 1.807) is 0 Å². The number of nitrogens with zero attached hydrogens (tertiary/aromatic N) is 3.